The van der Waals surface area contributed by atoms with Crippen LogP contribution in [0.15, 0.2) is 29.2 Å². The summed E-state index contributed by atoms with van der Waals surface area (Å²) in [5.41, 5.74) is 0.688. The Morgan fingerprint density at radius 3 is 2.70 bits per heavy atom. The summed E-state index contributed by atoms with van der Waals surface area (Å²) in [4.78, 5) is 0.412. The molecule has 2 atom stereocenters. The van der Waals surface area contributed by atoms with Crippen LogP contribution in [0.1, 0.15) is 32.1 Å². The number of rotatable bonds is 3. The van der Waals surface area contributed by atoms with E-state index in [0.717, 1.165) is 19.3 Å². The summed E-state index contributed by atoms with van der Waals surface area (Å²) in [6.07, 6.45) is 5.54. The van der Waals surface area contributed by atoms with Gasteiger partial charge in [0.2, 0.25) is 10.0 Å². The number of hydrogen-bond acceptors (Lipinski definition) is 3. The minimum absolute atomic E-state index is 0.221. The van der Waals surface area contributed by atoms with Gasteiger partial charge in [-0.2, -0.15) is 4.31 Å². The molecular weight excluding hydrogens is 272 g/mol. The van der Waals surface area contributed by atoms with Crippen LogP contribution in [0.25, 0.3) is 0 Å². The first-order chi connectivity index (χ1) is 9.64. The van der Waals surface area contributed by atoms with E-state index < -0.39 is 10.0 Å². The summed E-state index contributed by atoms with van der Waals surface area (Å²) >= 11 is 0. The Kier molecular flexibility index (Phi) is 3.73. The third-order valence-electron chi connectivity index (χ3n) is 4.69. The number of para-hydroxylation sites is 1. The first-order valence-corrected chi connectivity index (χ1v) is 8.87. The van der Waals surface area contributed by atoms with Crippen LogP contribution in [0.2, 0.25) is 0 Å². The number of nitrogens with zero attached hydrogens (tertiary/aromatic N) is 1. The van der Waals surface area contributed by atoms with E-state index >= 15 is 0 Å². The van der Waals surface area contributed by atoms with Crippen molar-refractivity contribution in [1.82, 2.24) is 4.31 Å². The van der Waals surface area contributed by atoms with Crippen LogP contribution in [-0.4, -0.2) is 32.4 Å². The Labute approximate surface area is 121 Å². The molecule has 2 aliphatic rings. The minimum Gasteiger partial charge on any atom is -0.387 e. The number of fused-ring (bicyclic) bond motifs is 1. The predicted molar refractivity (Wildman–Crippen MR) is 80.2 cm³/mol. The molecule has 3 rings (SSSR count). The van der Waals surface area contributed by atoms with Crippen LogP contribution in [0.3, 0.4) is 0 Å². The van der Waals surface area contributed by atoms with Gasteiger partial charge in [-0.25, -0.2) is 8.42 Å². The fourth-order valence-electron chi connectivity index (χ4n) is 3.73. The Morgan fingerprint density at radius 2 is 1.90 bits per heavy atom. The molecule has 1 saturated heterocycles. The van der Waals surface area contributed by atoms with Crippen molar-refractivity contribution in [2.24, 2.45) is 5.92 Å². The Balaban J connectivity index is 1.98. The van der Waals surface area contributed by atoms with E-state index in [1.165, 1.54) is 12.8 Å². The topological polar surface area (TPSA) is 49.4 Å². The molecule has 2 unspecified atom stereocenters. The smallest absolute Gasteiger partial charge is 0.245 e. The van der Waals surface area contributed by atoms with Crippen molar-refractivity contribution in [2.75, 3.05) is 18.9 Å². The Hall–Kier alpha value is -1.07. The van der Waals surface area contributed by atoms with Crippen LogP contribution < -0.4 is 5.32 Å². The first-order valence-electron chi connectivity index (χ1n) is 7.43. The van der Waals surface area contributed by atoms with E-state index in [4.69, 9.17) is 0 Å². The van der Waals surface area contributed by atoms with Crippen molar-refractivity contribution in [1.29, 1.82) is 0 Å². The number of sulfonamides is 1. The van der Waals surface area contributed by atoms with Gasteiger partial charge < -0.3 is 5.32 Å². The van der Waals surface area contributed by atoms with Gasteiger partial charge in [-0.3, -0.25) is 0 Å². The molecule has 1 N–H and O–H groups in total. The van der Waals surface area contributed by atoms with E-state index in [2.05, 4.69) is 5.32 Å². The van der Waals surface area contributed by atoms with Crippen LogP contribution in [0, 0.1) is 5.92 Å². The molecule has 2 fully saturated rings. The van der Waals surface area contributed by atoms with Gasteiger partial charge >= 0.3 is 0 Å². The average molecular weight is 294 g/mol. The highest BCUT2D eigenvalue weighted by atomic mass is 32.2. The normalized spacial score (nSPS) is 27.2. The summed E-state index contributed by atoms with van der Waals surface area (Å²) < 4.78 is 27.8. The zero-order valence-electron chi connectivity index (χ0n) is 11.9. The molecule has 1 heterocycles. The highest BCUT2D eigenvalue weighted by Gasteiger charge is 2.41. The lowest BCUT2D eigenvalue weighted by Gasteiger charge is -2.36. The summed E-state index contributed by atoms with van der Waals surface area (Å²) in [6, 6.07) is 7.41. The van der Waals surface area contributed by atoms with Crippen molar-refractivity contribution in [2.45, 2.75) is 43.0 Å². The van der Waals surface area contributed by atoms with Crippen molar-refractivity contribution in [3.63, 3.8) is 0 Å². The molecule has 0 bridgehead atoms. The molecule has 1 aromatic carbocycles. The molecule has 5 heteroatoms. The average Bonchev–Trinajstić information content (AvgIpc) is 2.95. The molecule has 1 aliphatic carbocycles. The number of nitrogens with one attached hydrogen (secondary N) is 1. The number of hydrogen-bond donors (Lipinski definition) is 1. The fourth-order valence-corrected chi connectivity index (χ4v) is 5.69. The van der Waals surface area contributed by atoms with Gasteiger partial charge in [0.1, 0.15) is 4.90 Å². The lowest BCUT2D eigenvalue weighted by molar-refractivity contribution is 0.202. The number of benzene rings is 1. The van der Waals surface area contributed by atoms with E-state index in [1.807, 2.05) is 12.1 Å². The van der Waals surface area contributed by atoms with Crippen LogP contribution in [0.5, 0.6) is 0 Å². The van der Waals surface area contributed by atoms with Crippen molar-refractivity contribution >= 4 is 15.7 Å². The standard InChI is InChI=1S/C15H22N2O2S/c1-16-13-8-2-3-10-15(13)20(18,19)17-11-5-7-12-6-4-9-14(12)17/h2-3,8,10,12,14,16H,4-7,9,11H2,1H3. The van der Waals surface area contributed by atoms with Crippen molar-refractivity contribution < 1.29 is 8.42 Å². The van der Waals surface area contributed by atoms with Crippen LogP contribution >= 0.6 is 0 Å². The second-order valence-electron chi connectivity index (χ2n) is 5.76. The van der Waals surface area contributed by atoms with Gasteiger partial charge in [0.15, 0.2) is 0 Å². The van der Waals surface area contributed by atoms with Crippen molar-refractivity contribution in [3.8, 4) is 0 Å². The third-order valence-corrected chi connectivity index (χ3v) is 6.67. The van der Waals surface area contributed by atoms with E-state index in [0.29, 0.717) is 23.0 Å². The van der Waals surface area contributed by atoms with Gasteiger partial charge in [-0.1, -0.05) is 18.6 Å². The summed E-state index contributed by atoms with van der Waals surface area (Å²) in [7, 11) is -1.62. The minimum atomic E-state index is -3.39. The second kappa shape index (κ2) is 5.37. The fraction of sp³-hybridized carbons (Fsp3) is 0.600. The summed E-state index contributed by atoms with van der Waals surface area (Å²) in [5, 5.41) is 2.99. The molecule has 1 saturated carbocycles. The molecule has 0 amide bonds. The Bertz CT molecular complexity index is 585. The molecule has 20 heavy (non-hydrogen) atoms. The Morgan fingerprint density at radius 1 is 1.15 bits per heavy atom. The molecule has 1 aromatic rings. The lowest BCUT2D eigenvalue weighted by Crippen LogP contribution is -2.46. The quantitative estimate of drug-likeness (QED) is 0.932. The first kappa shape index (κ1) is 13.9. The lowest BCUT2D eigenvalue weighted by atomic mass is 9.94. The molecule has 4 nitrogen and oxygen atoms in total. The van der Waals surface area contributed by atoms with Gasteiger partial charge in [0.25, 0.3) is 0 Å². The molecule has 0 aromatic heterocycles. The SMILES string of the molecule is CNc1ccccc1S(=O)(=O)N1CCCC2CCCC21. The maximum atomic E-state index is 13.0. The largest absolute Gasteiger partial charge is 0.387 e. The molecule has 0 spiro atoms. The predicted octanol–water partition coefficient (Wildman–Crippen LogP) is 2.68. The number of piperidine rings is 1. The summed E-state index contributed by atoms with van der Waals surface area (Å²) in [5.74, 6) is 0.570. The maximum absolute atomic E-state index is 13.0. The zero-order chi connectivity index (χ0) is 14.2. The second-order valence-corrected chi connectivity index (χ2v) is 7.62. The number of anilines is 1. The molecule has 1 aliphatic heterocycles. The van der Waals surface area contributed by atoms with Crippen LogP contribution in [-0.2, 0) is 10.0 Å². The van der Waals surface area contributed by atoms with E-state index in [-0.39, 0.29) is 6.04 Å². The molecule has 110 valence electrons. The van der Waals surface area contributed by atoms with E-state index in [1.54, 1.807) is 23.5 Å². The molecule has 0 radical (unpaired) electrons. The third kappa shape index (κ3) is 2.23. The van der Waals surface area contributed by atoms with Gasteiger partial charge in [-0.15, -0.1) is 0 Å². The maximum Gasteiger partial charge on any atom is 0.245 e. The summed E-state index contributed by atoms with van der Waals surface area (Å²) in [6.45, 7) is 0.668. The van der Waals surface area contributed by atoms with Crippen LogP contribution in [0.4, 0.5) is 5.69 Å². The van der Waals surface area contributed by atoms with Gasteiger partial charge in [0.05, 0.1) is 5.69 Å². The van der Waals surface area contributed by atoms with Crippen molar-refractivity contribution in [3.05, 3.63) is 24.3 Å². The zero-order valence-corrected chi connectivity index (χ0v) is 12.7. The monoisotopic (exact) mass is 294 g/mol. The molecular formula is C15H22N2O2S. The van der Waals surface area contributed by atoms with E-state index in [9.17, 15) is 8.42 Å². The van der Waals surface area contributed by atoms with Gasteiger partial charge in [0, 0.05) is 19.6 Å². The highest BCUT2D eigenvalue weighted by Crippen LogP contribution is 2.40. The van der Waals surface area contributed by atoms with Gasteiger partial charge in [-0.05, 0) is 43.7 Å². The highest BCUT2D eigenvalue weighted by molar-refractivity contribution is 7.89.